The van der Waals surface area contributed by atoms with Crippen molar-refractivity contribution in [1.29, 1.82) is 0 Å². The summed E-state index contributed by atoms with van der Waals surface area (Å²) in [7, 11) is 0. The SMILES string of the molecule is CC[C@H](C)N(CC(=O)O)C(=O)/C=C/c1ccccn1. The second kappa shape index (κ2) is 7.31. The molecule has 0 aliphatic carbocycles. The van der Waals surface area contributed by atoms with E-state index in [2.05, 4.69) is 4.98 Å². The Labute approximate surface area is 112 Å². The molecule has 1 aromatic heterocycles. The monoisotopic (exact) mass is 262 g/mol. The largest absolute Gasteiger partial charge is 0.480 e. The highest BCUT2D eigenvalue weighted by Gasteiger charge is 2.19. The predicted octanol–water partition coefficient (Wildman–Crippen LogP) is 1.81. The van der Waals surface area contributed by atoms with Crippen LogP contribution >= 0.6 is 0 Å². The van der Waals surface area contributed by atoms with Crippen molar-refractivity contribution >= 4 is 18.0 Å². The number of nitrogens with zero attached hydrogens (tertiary/aromatic N) is 2. The molecule has 0 aliphatic rings. The molecule has 102 valence electrons. The molecule has 0 saturated heterocycles. The van der Waals surface area contributed by atoms with E-state index in [9.17, 15) is 9.59 Å². The topological polar surface area (TPSA) is 70.5 Å². The molecule has 0 unspecified atom stereocenters. The van der Waals surface area contributed by atoms with Crippen LogP contribution in [0.15, 0.2) is 30.5 Å². The molecule has 0 spiro atoms. The third-order valence-electron chi connectivity index (χ3n) is 2.80. The molecule has 1 heterocycles. The van der Waals surface area contributed by atoms with Gasteiger partial charge in [0, 0.05) is 18.3 Å². The summed E-state index contributed by atoms with van der Waals surface area (Å²) in [4.78, 5) is 28.2. The molecule has 0 bridgehead atoms. The van der Waals surface area contributed by atoms with Crippen LogP contribution in [0, 0.1) is 0 Å². The lowest BCUT2D eigenvalue weighted by molar-refractivity contribution is -0.144. The number of aromatic nitrogens is 1. The number of carboxylic acids is 1. The second-order valence-electron chi connectivity index (χ2n) is 4.21. The molecule has 0 aromatic carbocycles. The van der Waals surface area contributed by atoms with Crippen LogP contribution in [-0.4, -0.2) is 39.5 Å². The van der Waals surface area contributed by atoms with Gasteiger partial charge in [-0.15, -0.1) is 0 Å². The van der Waals surface area contributed by atoms with Crippen molar-refractivity contribution in [2.45, 2.75) is 26.3 Å². The van der Waals surface area contributed by atoms with E-state index in [0.717, 1.165) is 0 Å². The lowest BCUT2D eigenvalue weighted by Gasteiger charge is -2.25. The molecule has 0 aliphatic heterocycles. The third kappa shape index (κ3) is 4.91. The first kappa shape index (κ1) is 14.9. The molecule has 0 saturated carbocycles. The number of amides is 1. The summed E-state index contributed by atoms with van der Waals surface area (Å²) >= 11 is 0. The molecule has 0 radical (unpaired) electrons. The van der Waals surface area contributed by atoms with Crippen molar-refractivity contribution < 1.29 is 14.7 Å². The van der Waals surface area contributed by atoms with E-state index in [1.807, 2.05) is 19.9 Å². The fourth-order valence-electron chi connectivity index (χ4n) is 1.54. The zero-order chi connectivity index (χ0) is 14.3. The highest BCUT2D eigenvalue weighted by molar-refractivity contribution is 5.93. The Bertz CT molecular complexity index is 457. The zero-order valence-electron chi connectivity index (χ0n) is 11.1. The Morgan fingerprint density at radius 3 is 2.74 bits per heavy atom. The lowest BCUT2D eigenvalue weighted by Crippen LogP contribution is -2.40. The van der Waals surface area contributed by atoms with Gasteiger partial charge in [0.25, 0.3) is 0 Å². The molecule has 1 amide bonds. The van der Waals surface area contributed by atoms with Gasteiger partial charge in [0.15, 0.2) is 0 Å². The van der Waals surface area contributed by atoms with E-state index in [1.165, 1.54) is 11.0 Å². The van der Waals surface area contributed by atoms with Gasteiger partial charge < -0.3 is 10.0 Å². The fourth-order valence-corrected chi connectivity index (χ4v) is 1.54. The van der Waals surface area contributed by atoms with Gasteiger partial charge >= 0.3 is 5.97 Å². The number of carbonyl (C=O) groups excluding carboxylic acids is 1. The minimum atomic E-state index is -1.01. The van der Waals surface area contributed by atoms with Crippen LogP contribution in [0.2, 0.25) is 0 Å². The van der Waals surface area contributed by atoms with E-state index >= 15 is 0 Å². The second-order valence-corrected chi connectivity index (χ2v) is 4.21. The first-order chi connectivity index (χ1) is 9.04. The smallest absolute Gasteiger partial charge is 0.323 e. The van der Waals surface area contributed by atoms with Crippen molar-refractivity contribution in [3.8, 4) is 0 Å². The predicted molar refractivity (Wildman–Crippen MR) is 72.4 cm³/mol. The van der Waals surface area contributed by atoms with Crippen LogP contribution in [0.25, 0.3) is 6.08 Å². The van der Waals surface area contributed by atoms with Gasteiger partial charge in [0.1, 0.15) is 6.54 Å². The number of pyridine rings is 1. The van der Waals surface area contributed by atoms with Crippen LogP contribution in [0.1, 0.15) is 26.0 Å². The van der Waals surface area contributed by atoms with Crippen LogP contribution in [0.5, 0.6) is 0 Å². The summed E-state index contributed by atoms with van der Waals surface area (Å²) in [5.41, 5.74) is 0.662. The Hall–Kier alpha value is -2.17. The quantitative estimate of drug-likeness (QED) is 0.794. The summed E-state index contributed by atoms with van der Waals surface area (Å²) in [5.74, 6) is -1.33. The minimum absolute atomic E-state index is 0.114. The Morgan fingerprint density at radius 1 is 1.47 bits per heavy atom. The maximum Gasteiger partial charge on any atom is 0.323 e. The van der Waals surface area contributed by atoms with Gasteiger partial charge in [0.2, 0.25) is 5.91 Å². The minimum Gasteiger partial charge on any atom is -0.480 e. The van der Waals surface area contributed by atoms with Gasteiger partial charge in [-0.25, -0.2) is 0 Å². The molecular weight excluding hydrogens is 244 g/mol. The maximum atomic E-state index is 12.0. The third-order valence-corrected chi connectivity index (χ3v) is 2.80. The number of carbonyl (C=O) groups is 2. The summed E-state index contributed by atoms with van der Waals surface area (Å²) in [5, 5.41) is 8.83. The standard InChI is InChI=1S/C14H18N2O3/c1-3-11(2)16(10-14(18)19)13(17)8-7-12-6-4-5-9-15-12/h4-9,11H,3,10H2,1-2H3,(H,18,19)/b8-7+/t11-/m0/s1. The van der Waals surface area contributed by atoms with Gasteiger partial charge in [-0.3, -0.25) is 14.6 Å². The van der Waals surface area contributed by atoms with Gasteiger partial charge in [-0.1, -0.05) is 13.0 Å². The highest BCUT2D eigenvalue weighted by Crippen LogP contribution is 2.06. The van der Waals surface area contributed by atoms with Crippen molar-refractivity contribution in [2.24, 2.45) is 0 Å². The van der Waals surface area contributed by atoms with E-state index in [1.54, 1.807) is 24.4 Å². The average molecular weight is 262 g/mol. The Kier molecular flexibility index (Phi) is 5.73. The molecule has 1 rings (SSSR count). The maximum absolute atomic E-state index is 12.0. The van der Waals surface area contributed by atoms with Crippen molar-refractivity contribution in [1.82, 2.24) is 9.88 Å². The molecule has 0 fully saturated rings. The molecule has 1 aromatic rings. The van der Waals surface area contributed by atoms with Gasteiger partial charge in [-0.2, -0.15) is 0 Å². The van der Waals surface area contributed by atoms with Crippen molar-refractivity contribution in [3.05, 3.63) is 36.2 Å². The zero-order valence-corrected chi connectivity index (χ0v) is 11.1. The highest BCUT2D eigenvalue weighted by atomic mass is 16.4. The molecule has 19 heavy (non-hydrogen) atoms. The molecular formula is C14H18N2O3. The first-order valence-electron chi connectivity index (χ1n) is 6.16. The molecule has 1 atom stereocenters. The number of aliphatic carboxylic acids is 1. The summed E-state index contributed by atoms with van der Waals surface area (Å²) in [6.07, 6.45) is 5.28. The van der Waals surface area contributed by atoms with Crippen LogP contribution in [-0.2, 0) is 9.59 Å². The number of hydrogen-bond acceptors (Lipinski definition) is 3. The van der Waals surface area contributed by atoms with E-state index in [4.69, 9.17) is 5.11 Å². The van der Waals surface area contributed by atoms with Gasteiger partial charge in [-0.05, 0) is 31.6 Å². The normalized spacial score (nSPS) is 12.3. The van der Waals surface area contributed by atoms with Crippen LogP contribution < -0.4 is 0 Å². The van der Waals surface area contributed by atoms with E-state index in [0.29, 0.717) is 12.1 Å². The molecule has 1 N–H and O–H groups in total. The fraction of sp³-hybridized carbons (Fsp3) is 0.357. The summed E-state index contributed by atoms with van der Waals surface area (Å²) in [6.45, 7) is 3.45. The number of carboxylic acid groups (broad SMARTS) is 1. The van der Waals surface area contributed by atoms with Gasteiger partial charge in [0.05, 0.1) is 5.69 Å². The Balaban J connectivity index is 2.77. The Morgan fingerprint density at radius 2 is 2.21 bits per heavy atom. The van der Waals surface area contributed by atoms with Crippen LogP contribution in [0.4, 0.5) is 0 Å². The van der Waals surface area contributed by atoms with E-state index in [-0.39, 0.29) is 18.5 Å². The summed E-state index contributed by atoms with van der Waals surface area (Å²) in [6, 6.07) is 5.27. The number of hydrogen-bond donors (Lipinski definition) is 1. The first-order valence-corrected chi connectivity index (χ1v) is 6.16. The van der Waals surface area contributed by atoms with E-state index < -0.39 is 5.97 Å². The lowest BCUT2D eigenvalue weighted by atomic mass is 10.2. The number of rotatable bonds is 6. The molecule has 5 heteroatoms. The van der Waals surface area contributed by atoms with Crippen LogP contribution in [0.3, 0.4) is 0 Å². The summed E-state index contributed by atoms with van der Waals surface area (Å²) < 4.78 is 0. The van der Waals surface area contributed by atoms with Crippen molar-refractivity contribution in [2.75, 3.05) is 6.54 Å². The molecule has 5 nitrogen and oxygen atoms in total. The van der Waals surface area contributed by atoms with Crippen molar-refractivity contribution in [3.63, 3.8) is 0 Å². The average Bonchev–Trinajstić information content (AvgIpc) is 2.42.